The second kappa shape index (κ2) is 9.82. The monoisotopic (exact) mass is 400 g/mol. The molecule has 156 valence electrons. The molecule has 0 fully saturated rings. The highest BCUT2D eigenvalue weighted by molar-refractivity contribution is 5.84. The fourth-order valence-electron chi connectivity index (χ4n) is 2.74. The molecule has 29 heavy (non-hydrogen) atoms. The third-order valence-corrected chi connectivity index (χ3v) is 4.14. The average Bonchev–Trinajstić information content (AvgIpc) is 2.70. The third kappa shape index (κ3) is 5.88. The van der Waals surface area contributed by atoms with Crippen molar-refractivity contribution in [2.75, 3.05) is 27.9 Å². The number of carbonyl (C=O) groups is 1. The number of rotatable bonds is 8. The summed E-state index contributed by atoms with van der Waals surface area (Å²) < 4.78 is 21.6. The summed E-state index contributed by atoms with van der Waals surface area (Å²) in [5.41, 5.74) is 4.09. The van der Waals surface area contributed by atoms with Crippen LogP contribution < -0.4 is 24.4 Å². The maximum atomic E-state index is 12.1. The van der Waals surface area contributed by atoms with E-state index in [1.807, 2.05) is 24.3 Å². The SMILES string of the molecule is COc1cc(/C=N/NC(=O)COc2ccccc2C(C)(C)C)cc(OC)c1OC. The summed E-state index contributed by atoms with van der Waals surface area (Å²) in [6.07, 6.45) is 1.49. The highest BCUT2D eigenvalue weighted by Gasteiger charge is 2.18. The molecular formula is C22H28N2O5. The Labute approximate surface area is 171 Å². The molecule has 0 bridgehead atoms. The van der Waals surface area contributed by atoms with Crippen molar-refractivity contribution >= 4 is 12.1 Å². The van der Waals surface area contributed by atoms with Crippen LogP contribution >= 0.6 is 0 Å². The minimum Gasteiger partial charge on any atom is -0.493 e. The molecule has 2 aromatic carbocycles. The fraction of sp³-hybridized carbons (Fsp3) is 0.364. The third-order valence-electron chi connectivity index (χ3n) is 4.14. The summed E-state index contributed by atoms with van der Waals surface area (Å²) in [6.45, 7) is 6.14. The van der Waals surface area contributed by atoms with E-state index in [1.54, 1.807) is 12.1 Å². The molecule has 0 heterocycles. The van der Waals surface area contributed by atoms with Crippen molar-refractivity contribution < 1.29 is 23.7 Å². The van der Waals surface area contributed by atoms with E-state index in [4.69, 9.17) is 18.9 Å². The second-order valence-electron chi connectivity index (χ2n) is 7.29. The molecular weight excluding hydrogens is 372 g/mol. The van der Waals surface area contributed by atoms with Crippen LogP contribution in [0.4, 0.5) is 0 Å². The van der Waals surface area contributed by atoms with Gasteiger partial charge in [0, 0.05) is 5.56 Å². The van der Waals surface area contributed by atoms with Gasteiger partial charge >= 0.3 is 0 Å². The van der Waals surface area contributed by atoms with Gasteiger partial charge in [0.15, 0.2) is 18.1 Å². The Morgan fingerprint density at radius 1 is 1.00 bits per heavy atom. The lowest BCUT2D eigenvalue weighted by molar-refractivity contribution is -0.123. The van der Waals surface area contributed by atoms with E-state index in [-0.39, 0.29) is 17.9 Å². The standard InChI is InChI=1S/C22H28N2O5/c1-22(2,3)16-9-7-8-10-17(16)29-14-20(25)24-23-13-15-11-18(26-4)21(28-6)19(12-15)27-5/h7-13H,14H2,1-6H3,(H,24,25)/b23-13+. The highest BCUT2D eigenvalue weighted by Crippen LogP contribution is 2.37. The topological polar surface area (TPSA) is 78.4 Å². The van der Waals surface area contributed by atoms with Gasteiger partial charge in [-0.1, -0.05) is 39.0 Å². The van der Waals surface area contributed by atoms with E-state index < -0.39 is 0 Å². The van der Waals surface area contributed by atoms with Crippen molar-refractivity contribution in [2.24, 2.45) is 5.10 Å². The Hall–Kier alpha value is -3.22. The molecule has 7 heteroatoms. The molecule has 0 aliphatic heterocycles. The highest BCUT2D eigenvalue weighted by atomic mass is 16.5. The van der Waals surface area contributed by atoms with Gasteiger partial charge in [-0.15, -0.1) is 0 Å². The summed E-state index contributed by atoms with van der Waals surface area (Å²) >= 11 is 0. The van der Waals surface area contributed by atoms with Crippen molar-refractivity contribution in [3.05, 3.63) is 47.5 Å². The van der Waals surface area contributed by atoms with E-state index in [0.717, 1.165) is 5.56 Å². The molecule has 0 radical (unpaired) electrons. The van der Waals surface area contributed by atoms with E-state index in [0.29, 0.717) is 28.6 Å². The van der Waals surface area contributed by atoms with Gasteiger partial charge in [0.05, 0.1) is 27.5 Å². The number of carbonyl (C=O) groups excluding carboxylic acids is 1. The first-order valence-electron chi connectivity index (χ1n) is 9.14. The summed E-state index contributed by atoms with van der Waals surface area (Å²) in [4.78, 5) is 12.1. The Morgan fingerprint density at radius 3 is 2.17 bits per heavy atom. The number of methoxy groups -OCH3 is 3. The van der Waals surface area contributed by atoms with Crippen molar-refractivity contribution in [3.63, 3.8) is 0 Å². The van der Waals surface area contributed by atoms with Gasteiger partial charge in [-0.25, -0.2) is 5.43 Å². The number of para-hydroxylation sites is 1. The predicted molar refractivity (Wildman–Crippen MR) is 112 cm³/mol. The number of nitrogens with one attached hydrogen (secondary N) is 1. The quantitative estimate of drug-likeness (QED) is 0.542. The van der Waals surface area contributed by atoms with Gasteiger partial charge < -0.3 is 18.9 Å². The van der Waals surface area contributed by atoms with Gasteiger partial charge in [0.2, 0.25) is 5.75 Å². The second-order valence-corrected chi connectivity index (χ2v) is 7.29. The zero-order valence-electron chi connectivity index (χ0n) is 17.7. The Morgan fingerprint density at radius 2 is 1.62 bits per heavy atom. The van der Waals surface area contributed by atoms with Crippen LogP contribution in [0.2, 0.25) is 0 Å². The summed E-state index contributed by atoms with van der Waals surface area (Å²) in [5.74, 6) is 1.81. The normalized spacial score (nSPS) is 11.2. The van der Waals surface area contributed by atoms with Crippen molar-refractivity contribution in [2.45, 2.75) is 26.2 Å². The minimum absolute atomic E-state index is 0.0856. The summed E-state index contributed by atoms with van der Waals surface area (Å²) in [7, 11) is 4.60. The van der Waals surface area contributed by atoms with E-state index in [9.17, 15) is 4.79 Å². The Bertz CT molecular complexity index is 847. The molecule has 0 aliphatic rings. The van der Waals surface area contributed by atoms with E-state index >= 15 is 0 Å². The number of benzene rings is 2. The van der Waals surface area contributed by atoms with Crippen molar-refractivity contribution in [1.82, 2.24) is 5.43 Å². The zero-order valence-corrected chi connectivity index (χ0v) is 17.7. The number of amides is 1. The molecule has 0 atom stereocenters. The first-order chi connectivity index (χ1) is 13.8. The molecule has 0 spiro atoms. The lowest BCUT2D eigenvalue weighted by Crippen LogP contribution is -2.25. The fourth-order valence-corrected chi connectivity index (χ4v) is 2.74. The van der Waals surface area contributed by atoms with Crippen LogP contribution in [0.3, 0.4) is 0 Å². The molecule has 1 amide bonds. The average molecular weight is 400 g/mol. The first kappa shape index (κ1) is 22.1. The lowest BCUT2D eigenvalue weighted by Gasteiger charge is -2.22. The van der Waals surface area contributed by atoms with E-state index in [1.165, 1.54) is 27.5 Å². The van der Waals surface area contributed by atoms with Gasteiger partial charge in [-0.05, 0) is 29.2 Å². The predicted octanol–water partition coefficient (Wildman–Crippen LogP) is 3.54. The van der Waals surface area contributed by atoms with Crippen LogP contribution in [0.15, 0.2) is 41.5 Å². The van der Waals surface area contributed by atoms with Gasteiger partial charge in [-0.2, -0.15) is 5.10 Å². The van der Waals surface area contributed by atoms with Gasteiger partial charge in [0.1, 0.15) is 5.75 Å². The lowest BCUT2D eigenvalue weighted by atomic mass is 9.86. The van der Waals surface area contributed by atoms with Crippen LogP contribution in [0.5, 0.6) is 23.0 Å². The minimum atomic E-state index is -0.364. The number of nitrogens with zero attached hydrogens (tertiary/aromatic N) is 1. The maximum absolute atomic E-state index is 12.1. The smallest absolute Gasteiger partial charge is 0.277 e. The molecule has 1 N–H and O–H groups in total. The molecule has 0 aromatic heterocycles. The molecule has 0 aliphatic carbocycles. The molecule has 2 aromatic rings. The molecule has 0 saturated carbocycles. The van der Waals surface area contributed by atoms with Crippen molar-refractivity contribution in [1.29, 1.82) is 0 Å². The van der Waals surface area contributed by atoms with Crippen molar-refractivity contribution in [3.8, 4) is 23.0 Å². The molecule has 0 saturated heterocycles. The summed E-state index contributed by atoms with van der Waals surface area (Å²) in [5, 5.41) is 3.97. The Balaban J connectivity index is 2.01. The molecule has 2 rings (SSSR count). The Kier molecular flexibility index (Phi) is 7.47. The van der Waals surface area contributed by atoms with Crippen LogP contribution in [-0.4, -0.2) is 40.1 Å². The van der Waals surface area contributed by atoms with E-state index in [2.05, 4.69) is 31.3 Å². The number of hydrogen-bond acceptors (Lipinski definition) is 6. The zero-order chi connectivity index (χ0) is 21.4. The van der Waals surface area contributed by atoms with Crippen LogP contribution in [0, 0.1) is 0 Å². The van der Waals surface area contributed by atoms with Crippen LogP contribution in [0.25, 0.3) is 0 Å². The maximum Gasteiger partial charge on any atom is 0.277 e. The van der Waals surface area contributed by atoms with Crippen LogP contribution in [0.1, 0.15) is 31.9 Å². The number of hydrogen-bond donors (Lipinski definition) is 1. The molecule has 7 nitrogen and oxygen atoms in total. The number of ether oxygens (including phenoxy) is 4. The molecule has 0 unspecified atom stereocenters. The first-order valence-corrected chi connectivity index (χ1v) is 9.14. The number of hydrazone groups is 1. The summed E-state index contributed by atoms with van der Waals surface area (Å²) in [6, 6.07) is 11.1. The van der Waals surface area contributed by atoms with Crippen LogP contribution in [-0.2, 0) is 10.2 Å². The van der Waals surface area contributed by atoms with Gasteiger partial charge in [0.25, 0.3) is 5.91 Å². The largest absolute Gasteiger partial charge is 0.493 e. The van der Waals surface area contributed by atoms with Gasteiger partial charge in [-0.3, -0.25) is 4.79 Å².